The zero-order valence-electron chi connectivity index (χ0n) is 13.6. The van der Waals surface area contributed by atoms with Gasteiger partial charge >= 0.3 is 0 Å². The van der Waals surface area contributed by atoms with Gasteiger partial charge in [0.2, 0.25) is 5.91 Å². The van der Waals surface area contributed by atoms with E-state index in [2.05, 4.69) is 15.5 Å². The largest absolute Gasteiger partial charge is 0.376 e. The van der Waals surface area contributed by atoms with E-state index in [1.54, 1.807) is 0 Å². The second kappa shape index (κ2) is 8.11. The first-order valence-corrected chi connectivity index (χ1v) is 8.46. The van der Waals surface area contributed by atoms with E-state index < -0.39 is 5.54 Å². The van der Waals surface area contributed by atoms with Gasteiger partial charge in [0.15, 0.2) is 0 Å². The second-order valence-electron chi connectivity index (χ2n) is 6.68. The Hall–Kier alpha value is -0.650. The van der Waals surface area contributed by atoms with Crippen LogP contribution in [0.5, 0.6) is 0 Å². The van der Waals surface area contributed by atoms with Crippen LogP contribution in [0.15, 0.2) is 0 Å². The zero-order chi connectivity index (χ0) is 15.1. The third kappa shape index (κ3) is 4.94. The van der Waals surface area contributed by atoms with Crippen molar-refractivity contribution in [2.75, 3.05) is 39.3 Å². The lowest BCUT2D eigenvalue weighted by Crippen LogP contribution is -2.60. The number of nitrogens with zero attached hydrogens (tertiary/aromatic N) is 1. The van der Waals surface area contributed by atoms with Crippen molar-refractivity contribution >= 4 is 5.91 Å². The van der Waals surface area contributed by atoms with Crippen molar-refractivity contribution in [3.63, 3.8) is 0 Å². The van der Waals surface area contributed by atoms with Crippen LogP contribution in [0.2, 0.25) is 0 Å². The third-order valence-electron chi connectivity index (χ3n) is 4.76. The predicted octanol–water partition coefficient (Wildman–Crippen LogP) is 1.14. The first kappa shape index (κ1) is 16.7. The van der Waals surface area contributed by atoms with E-state index in [1.165, 1.54) is 32.1 Å². The summed E-state index contributed by atoms with van der Waals surface area (Å²) in [6.07, 6.45) is 6.69. The third-order valence-corrected chi connectivity index (χ3v) is 4.76. The molecule has 21 heavy (non-hydrogen) atoms. The van der Waals surface area contributed by atoms with Crippen LogP contribution >= 0.6 is 0 Å². The van der Waals surface area contributed by atoms with E-state index in [9.17, 15) is 4.79 Å². The summed E-state index contributed by atoms with van der Waals surface area (Å²) in [7, 11) is 0. The molecule has 1 amide bonds. The number of ether oxygens (including phenoxy) is 1. The number of nitrogens with one attached hydrogen (secondary N) is 2. The maximum Gasteiger partial charge on any atom is 0.240 e. The van der Waals surface area contributed by atoms with Crippen LogP contribution in [0.4, 0.5) is 0 Å². The molecule has 0 atom stereocenters. The Labute approximate surface area is 128 Å². The minimum Gasteiger partial charge on any atom is -0.376 e. The summed E-state index contributed by atoms with van der Waals surface area (Å²) in [4.78, 5) is 14.6. The molecule has 5 nitrogen and oxygen atoms in total. The van der Waals surface area contributed by atoms with Crippen LogP contribution in [0.25, 0.3) is 0 Å². The Bertz CT molecular complexity index is 321. The number of carbonyl (C=O) groups excluding carboxylic acids is 1. The number of carbonyl (C=O) groups is 1. The summed E-state index contributed by atoms with van der Waals surface area (Å²) in [6, 6.07) is 0. The molecule has 1 aliphatic carbocycles. The Morgan fingerprint density at radius 3 is 2.57 bits per heavy atom. The van der Waals surface area contributed by atoms with Gasteiger partial charge in [-0.05, 0) is 26.7 Å². The molecule has 5 heteroatoms. The van der Waals surface area contributed by atoms with Gasteiger partial charge in [-0.2, -0.15) is 0 Å². The Kier molecular flexibility index (Phi) is 6.45. The van der Waals surface area contributed by atoms with Crippen LogP contribution in [-0.4, -0.2) is 61.8 Å². The lowest BCUT2D eigenvalue weighted by Gasteiger charge is -2.39. The minimum absolute atomic E-state index is 0.108. The molecule has 0 radical (unpaired) electrons. The molecular weight excluding hydrogens is 266 g/mol. The van der Waals surface area contributed by atoms with Crippen molar-refractivity contribution in [2.45, 2.75) is 57.6 Å². The highest BCUT2D eigenvalue weighted by Gasteiger charge is 2.34. The fraction of sp³-hybridized carbons (Fsp3) is 0.938. The molecule has 1 aliphatic heterocycles. The molecule has 0 aromatic rings. The predicted molar refractivity (Wildman–Crippen MR) is 84.4 cm³/mol. The molecule has 2 N–H and O–H groups in total. The summed E-state index contributed by atoms with van der Waals surface area (Å²) in [5.74, 6) is 0.108. The minimum atomic E-state index is -0.438. The van der Waals surface area contributed by atoms with E-state index in [0.717, 1.165) is 26.2 Å². The number of rotatable bonds is 6. The number of hydrogen-bond acceptors (Lipinski definition) is 4. The topological polar surface area (TPSA) is 53.6 Å². The molecule has 122 valence electrons. The van der Waals surface area contributed by atoms with E-state index in [1.807, 2.05) is 13.8 Å². The zero-order valence-corrected chi connectivity index (χ0v) is 13.6. The molecule has 1 saturated carbocycles. The van der Waals surface area contributed by atoms with Gasteiger partial charge in [-0.15, -0.1) is 0 Å². The standard InChI is InChI=1S/C16H31N3O2/c1-16(2,19-11-8-17-9-12-19)15(20)18-10-13-21-14-6-4-3-5-7-14/h14,17H,3-13H2,1-2H3,(H,18,20). The highest BCUT2D eigenvalue weighted by Crippen LogP contribution is 2.20. The van der Waals surface area contributed by atoms with E-state index >= 15 is 0 Å². The van der Waals surface area contributed by atoms with Gasteiger partial charge in [-0.25, -0.2) is 0 Å². The summed E-state index contributed by atoms with van der Waals surface area (Å²) in [5.41, 5.74) is -0.438. The maximum atomic E-state index is 12.4. The Morgan fingerprint density at radius 1 is 1.24 bits per heavy atom. The monoisotopic (exact) mass is 297 g/mol. The molecule has 0 aromatic carbocycles. The molecule has 0 aromatic heterocycles. The van der Waals surface area contributed by atoms with Gasteiger partial charge in [0, 0.05) is 32.7 Å². The fourth-order valence-corrected chi connectivity index (χ4v) is 3.21. The average molecular weight is 297 g/mol. The number of piperazine rings is 1. The van der Waals surface area contributed by atoms with Gasteiger partial charge in [0.05, 0.1) is 18.2 Å². The molecule has 2 fully saturated rings. The van der Waals surface area contributed by atoms with Crippen LogP contribution in [0.3, 0.4) is 0 Å². The van der Waals surface area contributed by atoms with E-state index in [0.29, 0.717) is 19.3 Å². The van der Waals surface area contributed by atoms with Crippen molar-refractivity contribution in [1.82, 2.24) is 15.5 Å². The van der Waals surface area contributed by atoms with Crippen molar-refractivity contribution < 1.29 is 9.53 Å². The lowest BCUT2D eigenvalue weighted by atomic mass is 9.98. The summed E-state index contributed by atoms with van der Waals surface area (Å²) in [5, 5.41) is 6.35. The summed E-state index contributed by atoms with van der Waals surface area (Å²) in [6.45, 7) is 9.05. The molecule has 1 saturated heterocycles. The van der Waals surface area contributed by atoms with Crippen molar-refractivity contribution in [1.29, 1.82) is 0 Å². The molecule has 2 aliphatic rings. The molecule has 0 bridgehead atoms. The van der Waals surface area contributed by atoms with Crippen LogP contribution in [0, 0.1) is 0 Å². The van der Waals surface area contributed by atoms with E-state index in [4.69, 9.17) is 4.74 Å². The summed E-state index contributed by atoms with van der Waals surface area (Å²) < 4.78 is 5.85. The highest BCUT2D eigenvalue weighted by atomic mass is 16.5. The number of hydrogen-bond donors (Lipinski definition) is 2. The molecule has 0 spiro atoms. The quantitative estimate of drug-likeness (QED) is 0.722. The second-order valence-corrected chi connectivity index (χ2v) is 6.68. The van der Waals surface area contributed by atoms with Gasteiger partial charge in [0.25, 0.3) is 0 Å². The SMILES string of the molecule is CC(C)(C(=O)NCCOC1CCCCC1)N1CCNCC1. The fourth-order valence-electron chi connectivity index (χ4n) is 3.21. The smallest absolute Gasteiger partial charge is 0.240 e. The van der Waals surface area contributed by atoms with Crippen molar-refractivity contribution in [2.24, 2.45) is 0 Å². The van der Waals surface area contributed by atoms with Gasteiger partial charge in [0.1, 0.15) is 0 Å². The highest BCUT2D eigenvalue weighted by molar-refractivity contribution is 5.85. The van der Waals surface area contributed by atoms with Crippen LogP contribution < -0.4 is 10.6 Å². The Morgan fingerprint density at radius 2 is 1.90 bits per heavy atom. The van der Waals surface area contributed by atoms with Crippen molar-refractivity contribution in [3.05, 3.63) is 0 Å². The lowest BCUT2D eigenvalue weighted by molar-refractivity contribution is -0.132. The van der Waals surface area contributed by atoms with Crippen molar-refractivity contribution in [3.8, 4) is 0 Å². The van der Waals surface area contributed by atoms with Gasteiger partial charge in [-0.1, -0.05) is 19.3 Å². The average Bonchev–Trinajstić information content (AvgIpc) is 2.53. The van der Waals surface area contributed by atoms with E-state index in [-0.39, 0.29) is 5.91 Å². The van der Waals surface area contributed by atoms with Crippen LogP contribution in [-0.2, 0) is 9.53 Å². The van der Waals surface area contributed by atoms with Gasteiger partial charge < -0.3 is 15.4 Å². The molecule has 1 heterocycles. The molecule has 0 unspecified atom stereocenters. The maximum absolute atomic E-state index is 12.4. The van der Waals surface area contributed by atoms with Crippen LogP contribution in [0.1, 0.15) is 46.0 Å². The Balaban J connectivity index is 1.65. The number of amides is 1. The molecular formula is C16H31N3O2. The summed E-state index contributed by atoms with van der Waals surface area (Å²) >= 11 is 0. The molecule has 2 rings (SSSR count). The van der Waals surface area contributed by atoms with Gasteiger partial charge in [-0.3, -0.25) is 9.69 Å². The normalized spacial score (nSPS) is 22.2. The first-order chi connectivity index (χ1) is 10.1. The first-order valence-electron chi connectivity index (χ1n) is 8.46.